The van der Waals surface area contributed by atoms with Crippen LogP contribution in [0.25, 0.3) is 0 Å². The quantitative estimate of drug-likeness (QED) is 0.779. The number of carboxylic acid groups (broad SMARTS) is 1. The highest BCUT2D eigenvalue weighted by atomic mass is 32.1. The molecule has 0 radical (unpaired) electrons. The van der Waals surface area contributed by atoms with Crippen molar-refractivity contribution in [2.75, 3.05) is 0 Å². The number of thiazole rings is 1. The summed E-state index contributed by atoms with van der Waals surface area (Å²) in [5.74, 6) is -1.25. The number of aryl methyl sites for hydroxylation is 2. The maximum absolute atomic E-state index is 12.0. The molecule has 2 aromatic rings. The van der Waals surface area contributed by atoms with E-state index >= 15 is 0 Å². The Balaban J connectivity index is 1.79. The summed E-state index contributed by atoms with van der Waals surface area (Å²) in [5, 5.41) is 14.9. The molecule has 1 aromatic heterocycles. The molecule has 5 nitrogen and oxygen atoms in total. The summed E-state index contributed by atoms with van der Waals surface area (Å²) in [7, 11) is 0. The summed E-state index contributed by atoms with van der Waals surface area (Å²) in [5.41, 5.74) is 1.88. The van der Waals surface area contributed by atoms with E-state index in [1.165, 1.54) is 0 Å². The molecule has 0 fully saturated rings. The molecule has 1 amide bonds. The summed E-state index contributed by atoms with van der Waals surface area (Å²) in [4.78, 5) is 27.6. The van der Waals surface area contributed by atoms with Crippen molar-refractivity contribution in [2.24, 2.45) is 0 Å². The van der Waals surface area contributed by atoms with E-state index < -0.39 is 12.0 Å². The third-order valence-electron chi connectivity index (χ3n) is 3.38. The first-order valence-corrected chi connectivity index (χ1v) is 8.39. The van der Waals surface area contributed by atoms with Crippen LogP contribution in [0.1, 0.15) is 29.1 Å². The maximum atomic E-state index is 12.0. The van der Waals surface area contributed by atoms with Gasteiger partial charge in [0.25, 0.3) is 0 Å². The fourth-order valence-electron chi connectivity index (χ4n) is 2.23. The number of amides is 1. The van der Waals surface area contributed by atoms with Gasteiger partial charge in [0.2, 0.25) is 5.91 Å². The van der Waals surface area contributed by atoms with Gasteiger partial charge in [0.15, 0.2) is 0 Å². The first kappa shape index (κ1) is 17.1. The number of carbonyl (C=O) groups excluding carboxylic acids is 1. The monoisotopic (exact) mass is 332 g/mol. The molecule has 1 atom stereocenters. The molecule has 122 valence electrons. The second kappa shape index (κ2) is 8.43. The van der Waals surface area contributed by atoms with Crippen LogP contribution in [-0.4, -0.2) is 28.0 Å². The van der Waals surface area contributed by atoms with Crippen molar-refractivity contribution in [2.45, 2.75) is 38.6 Å². The van der Waals surface area contributed by atoms with Crippen molar-refractivity contribution in [1.29, 1.82) is 0 Å². The van der Waals surface area contributed by atoms with Gasteiger partial charge in [-0.1, -0.05) is 30.3 Å². The van der Waals surface area contributed by atoms with Crippen molar-refractivity contribution in [3.8, 4) is 0 Å². The number of rotatable bonds is 8. The van der Waals surface area contributed by atoms with Gasteiger partial charge in [-0.15, -0.1) is 11.3 Å². The van der Waals surface area contributed by atoms with E-state index in [1.807, 2.05) is 42.6 Å². The Hall–Kier alpha value is -2.21. The maximum Gasteiger partial charge on any atom is 0.326 e. The summed E-state index contributed by atoms with van der Waals surface area (Å²) < 4.78 is 0. The van der Waals surface area contributed by atoms with E-state index in [-0.39, 0.29) is 12.3 Å². The van der Waals surface area contributed by atoms with Gasteiger partial charge in [-0.3, -0.25) is 4.79 Å². The molecule has 23 heavy (non-hydrogen) atoms. The van der Waals surface area contributed by atoms with Gasteiger partial charge in [-0.2, -0.15) is 0 Å². The highest BCUT2D eigenvalue weighted by Crippen LogP contribution is 2.12. The summed E-state index contributed by atoms with van der Waals surface area (Å²) in [6.45, 7) is 1.94. The lowest BCUT2D eigenvalue weighted by Crippen LogP contribution is -2.42. The minimum Gasteiger partial charge on any atom is -0.480 e. The van der Waals surface area contributed by atoms with Crippen LogP contribution in [0.4, 0.5) is 0 Å². The Labute approximate surface area is 139 Å². The van der Waals surface area contributed by atoms with Crippen LogP contribution in [0.3, 0.4) is 0 Å². The highest BCUT2D eigenvalue weighted by Gasteiger charge is 2.20. The average Bonchev–Trinajstić information content (AvgIpc) is 2.93. The molecule has 0 aliphatic rings. The topological polar surface area (TPSA) is 79.3 Å². The van der Waals surface area contributed by atoms with Gasteiger partial charge in [0.1, 0.15) is 6.04 Å². The number of carbonyl (C=O) groups is 2. The molecule has 2 rings (SSSR count). The van der Waals surface area contributed by atoms with Gasteiger partial charge in [-0.25, -0.2) is 9.78 Å². The van der Waals surface area contributed by atoms with Crippen molar-refractivity contribution >= 4 is 23.2 Å². The lowest BCUT2D eigenvalue weighted by Gasteiger charge is -2.14. The van der Waals surface area contributed by atoms with Crippen molar-refractivity contribution in [3.05, 3.63) is 52.0 Å². The summed E-state index contributed by atoms with van der Waals surface area (Å²) >= 11 is 1.58. The van der Waals surface area contributed by atoms with Crippen LogP contribution in [0.2, 0.25) is 0 Å². The predicted molar refractivity (Wildman–Crippen MR) is 89.5 cm³/mol. The van der Waals surface area contributed by atoms with Gasteiger partial charge in [0.05, 0.1) is 5.01 Å². The summed E-state index contributed by atoms with van der Waals surface area (Å²) in [6, 6.07) is 8.39. The van der Waals surface area contributed by atoms with Crippen LogP contribution >= 0.6 is 11.3 Å². The molecule has 6 heteroatoms. The van der Waals surface area contributed by atoms with Gasteiger partial charge in [-0.05, 0) is 25.3 Å². The SMILES string of the molecule is Cc1csc(CCCC(=O)N[C@@H](Cc2ccccc2)C(=O)O)n1. The third kappa shape index (κ3) is 5.83. The zero-order valence-corrected chi connectivity index (χ0v) is 13.8. The number of hydrogen-bond donors (Lipinski definition) is 2. The fourth-order valence-corrected chi connectivity index (χ4v) is 3.05. The van der Waals surface area contributed by atoms with Crippen molar-refractivity contribution in [3.63, 3.8) is 0 Å². The zero-order valence-electron chi connectivity index (χ0n) is 13.0. The smallest absolute Gasteiger partial charge is 0.326 e. The summed E-state index contributed by atoms with van der Waals surface area (Å²) in [6.07, 6.45) is 1.99. The molecule has 0 spiro atoms. The molecule has 0 unspecified atom stereocenters. The first-order chi connectivity index (χ1) is 11.0. The average molecular weight is 332 g/mol. The van der Waals surface area contributed by atoms with Gasteiger partial charge >= 0.3 is 5.97 Å². The molecule has 1 aromatic carbocycles. The molecule has 1 heterocycles. The Morgan fingerprint density at radius 1 is 1.30 bits per heavy atom. The number of aliphatic carboxylic acids is 1. The van der Waals surface area contributed by atoms with E-state index in [0.717, 1.165) is 22.7 Å². The number of nitrogens with one attached hydrogen (secondary N) is 1. The largest absolute Gasteiger partial charge is 0.480 e. The standard InChI is InChI=1S/C17H20N2O3S/c1-12-11-23-16(18-12)9-5-8-15(20)19-14(17(21)22)10-13-6-3-2-4-7-13/h2-4,6-7,11,14H,5,8-10H2,1H3,(H,19,20)(H,21,22)/t14-/m0/s1. The normalized spacial score (nSPS) is 11.9. The highest BCUT2D eigenvalue weighted by molar-refractivity contribution is 7.09. The molecular weight excluding hydrogens is 312 g/mol. The number of nitrogens with zero attached hydrogens (tertiary/aromatic N) is 1. The zero-order chi connectivity index (χ0) is 16.7. The van der Waals surface area contributed by atoms with Gasteiger partial charge in [0, 0.05) is 23.9 Å². The molecule has 0 saturated heterocycles. The Bertz CT molecular complexity index is 655. The Morgan fingerprint density at radius 3 is 2.65 bits per heavy atom. The number of carboxylic acids is 1. The second-order valence-corrected chi connectivity index (χ2v) is 6.33. The molecule has 2 N–H and O–H groups in total. The van der Waals surface area contributed by atoms with E-state index in [4.69, 9.17) is 0 Å². The lowest BCUT2D eigenvalue weighted by atomic mass is 10.1. The van der Waals surface area contributed by atoms with E-state index in [9.17, 15) is 14.7 Å². The van der Waals surface area contributed by atoms with Crippen molar-refractivity contribution in [1.82, 2.24) is 10.3 Å². The van der Waals surface area contributed by atoms with Crippen molar-refractivity contribution < 1.29 is 14.7 Å². The van der Waals surface area contributed by atoms with Crippen LogP contribution in [-0.2, 0) is 22.4 Å². The van der Waals surface area contributed by atoms with Crippen LogP contribution in [0.15, 0.2) is 35.7 Å². The number of hydrogen-bond acceptors (Lipinski definition) is 4. The van der Waals surface area contributed by atoms with Crippen LogP contribution in [0, 0.1) is 6.92 Å². The van der Waals surface area contributed by atoms with Crippen LogP contribution in [0.5, 0.6) is 0 Å². The molecule has 0 saturated carbocycles. The van der Waals surface area contributed by atoms with Gasteiger partial charge < -0.3 is 10.4 Å². The lowest BCUT2D eigenvalue weighted by molar-refractivity contribution is -0.141. The van der Waals surface area contributed by atoms with Crippen LogP contribution < -0.4 is 5.32 Å². The Morgan fingerprint density at radius 2 is 2.04 bits per heavy atom. The van der Waals surface area contributed by atoms with E-state index in [2.05, 4.69) is 10.3 Å². The molecule has 0 aliphatic heterocycles. The minimum atomic E-state index is -1.02. The predicted octanol–water partition coefficient (Wildman–Crippen LogP) is 2.59. The number of aromatic nitrogens is 1. The number of benzene rings is 1. The minimum absolute atomic E-state index is 0.235. The molecule has 0 bridgehead atoms. The first-order valence-electron chi connectivity index (χ1n) is 7.51. The third-order valence-corrected chi connectivity index (χ3v) is 4.40. The van der Waals surface area contributed by atoms with E-state index in [1.54, 1.807) is 11.3 Å². The fraction of sp³-hybridized carbons (Fsp3) is 0.353. The molecular formula is C17H20N2O3S. The Kier molecular flexibility index (Phi) is 6.29. The van der Waals surface area contributed by atoms with E-state index in [0.29, 0.717) is 12.8 Å². The second-order valence-electron chi connectivity index (χ2n) is 5.38. The molecule has 0 aliphatic carbocycles.